The molecule has 0 radical (unpaired) electrons. The second-order valence-corrected chi connectivity index (χ2v) is 11.2. The van der Waals surface area contributed by atoms with Crippen molar-refractivity contribution < 1.29 is 8.42 Å². The molecule has 0 saturated carbocycles. The predicted molar refractivity (Wildman–Crippen MR) is 132 cm³/mol. The van der Waals surface area contributed by atoms with Crippen molar-refractivity contribution in [3.63, 3.8) is 0 Å². The average molecular weight is 466 g/mol. The summed E-state index contributed by atoms with van der Waals surface area (Å²) in [5.74, 6) is 1.47. The summed E-state index contributed by atoms with van der Waals surface area (Å²) in [6, 6.07) is 21.2. The fraction of sp³-hybridized carbons (Fsp3) is 0.360. The summed E-state index contributed by atoms with van der Waals surface area (Å²) in [5.41, 5.74) is 2.28. The van der Waals surface area contributed by atoms with Gasteiger partial charge in [0, 0.05) is 32.7 Å². The van der Waals surface area contributed by atoms with Crippen molar-refractivity contribution in [2.45, 2.75) is 37.6 Å². The first-order valence-corrected chi connectivity index (χ1v) is 12.6. The van der Waals surface area contributed by atoms with Gasteiger partial charge in [0.25, 0.3) is 0 Å². The van der Waals surface area contributed by atoms with Gasteiger partial charge in [0.05, 0.1) is 4.90 Å². The van der Waals surface area contributed by atoms with Crippen LogP contribution in [-0.4, -0.2) is 49.1 Å². The zero-order valence-electron chi connectivity index (χ0n) is 19.4. The van der Waals surface area contributed by atoms with E-state index in [-0.39, 0.29) is 5.41 Å². The van der Waals surface area contributed by atoms with E-state index in [1.807, 2.05) is 42.5 Å². The van der Waals surface area contributed by atoms with Crippen molar-refractivity contribution >= 4 is 21.7 Å². The Kier molecular flexibility index (Phi) is 6.67. The number of nitrogens with zero attached hydrogens (tertiary/aromatic N) is 4. The van der Waals surface area contributed by atoms with Gasteiger partial charge in [0.1, 0.15) is 5.82 Å². The van der Waals surface area contributed by atoms with Crippen LogP contribution in [0.15, 0.2) is 71.6 Å². The molecule has 0 unspecified atom stereocenters. The molecule has 0 amide bonds. The van der Waals surface area contributed by atoms with Crippen LogP contribution in [0.5, 0.6) is 0 Å². The molecule has 4 rings (SSSR count). The van der Waals surface area contributed by atoms with E-state index in [1.54, 1.807) is 16.4 Å². The molecule has 1 aliphatic heterocycles. The third-order valence-corrected chi connectivity index (χ3v) is 7.80. The molecule has 174 valence electrons. The summed E-state index contributed by atoms with van der Waals surface area (Å²) in [4.78, 5) is 2.42. The molecule has 0 spiro atoms. The molecule has 1 saturated heterocycles. The van der Waals surface area contributed by atoms with Crippen molar-refractivity contribution in [2.24, 2.45) is 0 Å². The minimum atomic E-state index is -3.51. The summed E-state index contributed by atoms with van der Waals surface area (Å²) < 4.78 is 27.7. The van der Waals surface area contributed by atoms with E-state index >= 15 is 0 Å². The third kappa shape index (κ3) is 5.51. The Morgan fingerprint density at radius 3 is 2.09 bits per heavy atom. The maximum Gasteiger partial charge on any atom is 0.243 e. The van der Waals surface area contributed by atoms with Crippen LogP contribution in [0.4, 0.5) is 11.6 Å². The lowest BCUT2D eigenvalue weighted by molar-refractivity contribution is 0.383. The van der Waals surface area contributed by atoms with Gasteiger partial charge in [0.2, 0.25) is 10.0 Å². The monoisotopic (exact) mass is 465 g/mol. The number of rotatable bonds is 6. The third-order valence-electron chi connectivity index (χ3n) is 5.89. The highest BCUT2D eigenvalue weighted by atomic mass is 32.2. The van der Waals surface area contributed by atoms with Crippen LogP contribution in [0, 0.1) is 0 Å². The minimum Gasteiger partial charge on any atom is -0.365 e. The normalized spacial score (nSPS) is 15.4. The number of benzene rings is 2. The van der Waals surface area contributed by atoms with E-state index in [0.717, 1.165) is 11.4 Å². The first kappa shape index (κ1) is 23.2. The highest BCUT2D eigenvalue weighted by molar-refractivity contribution is 7.89. The molecule has 1 fully saturated rings. The summed E-state index contributed by atoms with van der Waals surface area (Å²) in [5, 5.41) is 11.9. The molecule has 1 N–H and O–H groups in total. The fourth-order valence-electron chi connectivity index (χ4n) is 3.81. The van der Waals surface area contributed by atoms with Gasteiger partial charge in [-0.25, -0.2) is 8.42 Å². The van der Waals surface area contributed by atoms with Crippen molar-refractivity contribution in [3.8, 4) is 0 Å². The van der Waals surface area contributed by atoms with Gasteiger partial charge in [-0.05, 0) is 40.8 Å². The quantitative estimate of drug-likeness (QED) is 0.595. The van der Waals surface area contributed by atoms with E-state index in [9.17, 15) is 8.42 Å². The first-order chi connectivity index (χ1) is 15.7. The molecule has 1 aromatic heterocycles. The van der Waals surface area contributed by atoms with Gasteiger partial charge in [-0.15, -0.1) is 10.2 Å². The van der Waals surface area contributed by atoms with E-state index in [0.29, 0.717) is 43.4 Å². The Balaban J connectivity index is 1.34. The van der Waals surface area contributed by atoms with Crippen LogP contribution >= 0.6 is 0 Å². The Hall–Kier alpha value is -2.97. The van der Waals surface area contributed by atoms with Crippen molar-refractivity contribution in [1.82, 2.24) is 14.5 Å². The topological polar surface area (TPSA) is 78.4 Å². The van der Waals surface area contributed by atoms with Crippen LogP contribution in [-0.2, 0) is 22.0 Å². The zero-order valence-corrected chi connectivity index (χ0v) is 20.2. The molecule has 8 heteroatoms. The van der Waals surface area contributed by atoms with Gasteiger partial charge < -0.3 is 10.2 Å². The number of aromatic nitrogens is 2. The van der Waals surface area contributed by atoms with E-state index in [1.165, 1.54) is 5.56 Å². The molecule has 2 aromatic carbocycles. The standard InChI is InChI=1S/C25H31N5O2S/c1-25(2,3)21-9-11-22(12-10-21)33(31,32)30-17-15-29(16-18-30)24-14-13-23(27-28-24)26-19-20-7-5-4-6-8-20/h4-14H,15-19H2,1-3H3,(H,26,27). The Bertz CT molecular complexity index is 1150. The molecule has 1 aliphatic rings. The van der Waals surface area contributed by atoms with Gasteiger partial charge in [-0.1, -0.05) is 63.2 Å². The maximum atomic E-state index is 13.1. The van der Waals surface area contributed by atoms with E-state index in [4.69, 9.17) is 0 Å². The lowest BCUT2D eigenvalue weighted by Gasteiger charge is -2.34. The van der Waals surface area contributed by atoms with Gasteiger partial charge in [-0.2, -0.15) is 4.31 Å². The minimum absolute atomic E-state index is 0.0123. The van der Waals surface area contributed by atoms with Crippen LogP contribution in [0.1, 0.15) is 31.9 Å². The number of sulfonamides is 1. The molecule has 0 bridgehead atoms. The van der Waals surface area contributed by atoms with E-state index in [2.05, 4.69) is 53.3 Å². The molecule has 7 nitrogen and oxygen atoms in total. The maximum absolute atomic E-state index is 13.1. The molecular weight excluding hydrogens is 434 g/mol. The number of anilines is 2. The highest BCUT2D eigenvalue weighted by Crippen LogP contribution is 2.25. The number of piperazine rings is 1. The SMILES string of the molecule is CC(C)(C)c1ccc(S(=O)(=O)N2CCN(c3ccc(NCc4ccccc4)nn3)CC2)cc1. The Morgan fingerprint density at radius 2 is 1.52 bits per heavy atom. The molecule has 0 atom stereocenters. The summed E-state index contributed by atoms with van der Waals surface area (Å²) >= 11 is 0. The van der Waals surface area contributed by atoms with Crippen LogP contribution < -0.4 is 10.2 Å². The molecule has 2 heterocycles. The molecule has 33 heavy (non-hydrogen) atoms. The van der Waals surface area contributed by atoms with Gasteiger partial charge in [-0.3, -0.25) is 0 Å². The number of nitrogens with one attached hydrogen (secondary N) is 1. The largest absolute Gasteiger partial charge is 0.365 e. The second-order valence-electron chi connectivity index (χ2n) is 9.28. The van der Waals surface area contributed by atoms with Crippen LogP contribution in [0.2, 0.25) is 0 Å². The van der Waals surface area contributed by atoms with Crippen molar-refractivity contribution in [2.75, 3.05) is 36.4 Å². The lowest BCUT2D eigenvalue weighted by atomic mass is 9.87. The summed E-state index contributed by atoms with van der Waals surface area (Å²) in [7, 11) is -3.51. The molecule has 0 aliphatic carbocycles. The average Bonchev–Trinajstić information content (AvgIpc) is 2.83. The number of hydrogen-bond acceptors (Lipinski definition) is 6. The molecular formula is C25H31N5O2S. The van der Waals surface area contributed by atoms with Crippen LogP contribution in [0.3, 0.4) is 0 Å². The fourth-order valence-corrected chi connectivity index (χ4v) is 5.23. The predicted octanol–water partition coefficient (Wildman–Crippen LogP) is 3.90. The van der Waals surface area contributed by atoms with E-state index < -0.39 is 10.0 Å². The Morgan fingerprint density at radius 1 is 0.848 bits per heavy atom. The Labute approximate surface area is 196 Å². The van der Waals surface area contributed by atoms with Crippen LogP contribution in [0.25, 0.3) is 0 Å². The second kappa shape index (κ2) is 9.49. The summed E-state index contributed by atoms with van der Waals surface area (Å²) in [6.45, 7) is 9.01. The number of hydrogen-bond donors (Lipinski definition) is 1. The van der Waals surface area contributed by atoms with Crippen molar-refractivity contribution in [3.05, 3.63) is 77.9 Å². The summed E-state index contributed by atoms with van der Waals surface area (Å²) in [6.07, 6.45) is 0. The zero-order chi connectivity index (χ0) is 23.5. The molecule has 3 aromatic rings. The van der Waals surface area contributed by atoms with Gasteiger partial charge >= 0.3 is 0 Å². The lowest BCUT2D eigenvalue weighted by Crippen LogP contribution is -2.49. The highest BCUT2D eigenvalue weighted by Gasteiger charge is 2.29. The van der Waals surface area contributed by atoms with Gasteiger partial charge in [0.15, 0.2) is 5.82 Å². The smallest absolute Gasteiger partial charge is 0.243 e. The first-order valence-electron chi connectivity index (χ1n) is 11.2. The van der Waals surface area contributed by atoms with Crippen molar-refractivity contribution in [1.29, 1.82) is 0 Å².